The van der Waals surface area contributed by atoms with E-state index in [0.717, 1.165) is 19.3 Å². The number of aromatic nitrogens is 2. The number of nitrogens with two attached hydrogens (primary N) is 1. The van der Waals surface area contributed by atoms with Crippen molar-refractivity contribution in [3.8, 4) is 0 Å². The number of benzene rings is 1. The minimum Gasteiger partial charge on any atom is -0.276 e. The van der Waals surface area contributed by atoms with Crippen molar-refractivity contribution in [1.29, 1.82) is 0 Å². The summed E-state index contributed by atoms with van der Waals surface area (Å²) in [5, 5.41) is 4.18. The first-order valence-corrected chi connectivity index (χ1v) is 6.66. The van der Waals surface area contributed by atoms with Crippen LogP contribution in [0.3, 0.4) is 0 Å². The molecule has 0 saturated carbocycles. The van der Waals surface area contributed by atoms with Crippen LogP contribution in [0.1, 0.15) is 23.1 Å². The third-order valence-electron chi connectivity index (χ3n) is 3.38. The number of nitrogens with one attached hydrogen (secondary N) is 1. The Kier molecular flexibility index (Phi) is 4.71. The van der Waals surface area contributed by atoms with Crippen molar-refractivity contribution in [2.75, 3.05) is 0 Å². The number of hydrazine groups is 1. The first-order chi connectivity index (χ1) is 9.17. The maximum Gasteiger partial charge on any atom is 0.0521 e. The molecule has 19 heavy (non-hydrogen) atoms. The molecule has 4 heteroatoms. The molecule has 1 aromatic heterocycles. The Morgan fingerprint density at radius 3 is 2.58 bits per heavy atom. The van der Waals surface area contributed by atoms with E-state index < -0.39 is 0 Å². The van der Waals surface area contributed by atoms with E-state index in [0.29, 0.717) is 6.04 Å². The first-order valence-electron chi connectivity index (χ1n) is 6.66. The molecule has 0 aliphatic heterocycles. The number of aryl methyl sites for hydroxylation is 3. The molecule has 0 amide bonds. The van der Waals surface area contributed by atoms with Gasteiger partial charge in [0.2, 0.25) is 0 Å². The highest BCUT2D eigenvalue weighted by Gasteiger charge is 2.08. The smallest absolute Gasteiger partial charge is 0.0521 e. The molecule has 1 unspecified atom stereocenters. The Morgan fingerprint density at radius 2 is 2.00 bits per heavy atom. The van der Waals surface area contributed by atoms with Gasteiger partial charge >= 0.3 is 0 Å². The zero-order chi connectivity index (χ0) is 13.7. The van der Waals surface area contributed by atoms with Crippen LogP contribution in [0, 0.1) is 6.92 Å². The van der Waals surface area contributed by atoms with Crippen LogP contribution >= 0.6 is 0 Å². The Balaban J connectivity index is 1.87. The van der Waals surface area contributed by atoms with E-state index >= 15 is 0 Å². The molecule has 3 N–H and O–H groups in total. The maximum absolute atomic E-state index is 5.65. The molecule has 1 heterocycles. The van der Waals surface area contributed by atoms with Gasteiger partial charge in [-0.3, -0.25) is 16.0 Å². The van der Waals surface area contributed by atoms with Crippen molar-refractivity contribution < 1.29 is 0 Å². The summed E-state index contributed by atoms with van der Waals surface area (Å²) in [6, 6.07) is 8.92. The second kappa shape index (κ2) is 6.50. The Hall–Kier alpha value is -1.65. The van der Waals surface area contributed by atoms with Crippen LogP contribution in [-0.4, -0.2) is 15.8 Å². The minimum atomic E-state index is 0.294. The summed E-state index contributed by atoms with van der Waals surface area (Å²) in [7, 11) is 1.94. The molecule has 0 fully saturated rings. The van der Waals surface area contributed by atoms with E-state index in [1.807, 2.05) is 17.9 Å². The Labute approximate surface area is 114 Å². The van der Waals surface area contributed by atoms with Gasteiger partial charge in [0.15, 0.2) is 0 Å². The fourth-order valence-electron chi connectivity index (χ4n) is 2.19. The lowest BCUT2D eigenvalue weighted by molar-refractivity contribution is 0.491. The van der Waals surface area contributed by atoms with Crippen LogP contribution < -0.4 is 11.3 Å². The summed E-state index contributed by atoms with van der Waals surface area (Å²) in [6.45, 7) is 2.10. The topological polar surface area (TPSA) is 55.9 Å². The average Bonchev–Trinajstić information content (AvgIpc) is 2.82. The van der Waals surface area contributed by atoms with Gasteiger partial charge in [0, 0.05) is 19.3 Å². The third-order valence-corrected chi connectivity index (χ3v) is 3.38. The van der Waals surface area contributed by atoms with E-state index in [9.17, 15) is 0 Å². The molecule has 2 aromatic rings. The normalized spacial score (nSPS) is 12.6. The molecule has 1 aromatic carbocycles. The summed E-state index contributed by atoms with van der Waals surface area (Å²) in [6.07, 6.45) is 6.93. The van der Waals surface area contributed by atoms with E-state index in [-0.39, 0.29) is 0 Å². The molecule has 102 valence electrons. The van der Waals surface area contributed by atoms with E-state index in [1.54, 1.807) is 0 Å². The van der Waals surface area contributed by atoms with Gasteiger partial charge in [-0.1, -0.05) is 29.8 Å². The van der Waals surface area contributed by atoms with E-state index in [1.165, 1.54) is 16.7 Å². The van der Waals surface area contributed by atoms with Gasteiger partial charge in [-0.05, 0) is 37.3 Å². The van der Waals surface area contributed by atoms with Crippen molar-refractivity contribution in [2.45, 2.75) is 32.2 Å². The molecule has 0 bridgehead atoms. The van der Waals surface area contributed by atoms with Gasteiger partial charge in [0.1, 0.15) is 0 Å². The van der Waals surface area contributed by atoms with Crippen LogP contribution in [0.15, 0.2) is 36.7 Å². The lowest BCUT2D eigenvalue weighted by Gasteiger charge is -2.15. The second-order valence-corrected chi connectivity index (χ2v) is 5.11. The highest BCUT2D eigenvalue weighted by molar-refractivity contribution is 5.22. The van der Waals surface area contributed by atoms with Crippen LogP contribution in [0.2, 0.25) is 0 Å². The molecule has 1 atom stereocenters. The zero-order valence-corrected chi connectivity index (χ0v) is 11.6. The lowest BCUT2D eigenvalue weighted by Crippen LogP contribution is -2.37. The van der Waals surface area contributed by atoms with Gasteiger partial charge in [-0.25, -0.2) is 0 Å². The van der Waals surface area contributed by atoms with E-state index in [4.69, 9.17) is 5.84 Å². The van der Waals surface area contributed by atoms with E-state index in [2.05, 4.69) is 47.9 Å². The van der Waals surface area contributed by atoms with Crippen molar-refractivity contribution >= 4 is 0 Å². The molecule has 4 nitrogen and oxygen atoms in total. The van der Waals surface area contributed by atoms with Gasteiger partial charge < -0.3 is 0 Å². The molecule has 0 radical (unpaired) electrons. The van der Waals surface area contributed by atoms with Crippen molar-refractivity contribution in [2.24, 2.45) is 12.9 Å². The summed E-state index contributed by atoms with van der Waals surface area (Å²) < 4.78 is 1.83. The molecular formula is C15H22N4. The van der Waals surface area contributed by atoms with Crippen molar-refractivity contribution in [3.63, 3.8) is 0 Å². The number of hydrogen-bond acceptors (Lipinski definition) is 3. The second-order valence-electron chi connectivity index (χ2n) is 5.11. The standard InChI is InChI=1S/C15H22N4/c1-12-3-5-13(6-4-12)9-15(18-16)8-7-14-10-17-19(2)11-14/h3-6,10-11,15,18H,7-9,16H2,1-2H3. The predicted molar refractivity (Wildman–Crippen MR) is 77.5 cm³/mol. The fourth-order valence-corrected chi connectivity index (χ4v) is 2.19. The molecule has 0 aliphatic rings. The molecular weight excluding hydrogens is 236 g/mol. The predicted octanol–water partition coefficient (Wildman–Crippen LogP) is 1.74. The van der Waals surface area contributed by atoms with Gasteiger partial charge in [0.05, 0.1) is 6.20 Å². The zero-order valence-electron chi connectivity index (χ0n) is 11.6. The molecule has 0 aliphatic carbocycles. The van der Waals surface area contributed by atoms with Crippen LogP contribution in [0.5, 0.6) is 0 Å². The highest BCUT2D eigenvalue weighted by atomic mass is 15.2. The third kappa shape index (κ3) is 4.19. The quantitative estimate of drug-likeness (QED) is 0.613. The molecule has 2 rings (SSSR count). The summed E-state index contributed by atoms with van der Waals surface area (Å²) >= 11 is 0. The van der Waals surface area contributed by atoms with Crippen molar-refractivity contribution in [1.82, 2.24) is 15.2 Å². The first kappa shape index (κ1) is 13.8. The van der Waals surface area contributed by atoms with Crippen LogP contribution in [0.25, 0.3) is 0 Å². The Bertz CT molecular complexity index is 501. The lowest BCUT2D eigenvalue weighted by atomic mass is 10.00. The number of nitrogens with zero attached hydrogens (tertiary/aromatic N) is 2. The monoisotopic (exact) mass is 258 g/mol. The largest absolute Gasteiger partial charge is 0.276 e. The minimum absolute atomic E-state index is 0.294. The number of rotatable bonds is 6. The summed E-state index contributed by atoms with van der Waals surface area (Å²) in [5.74, 6) is 5.65. The SMILES string of the molecule is Cc1ccc(CC(CCc2cnn(C)c2)NN)cc1. The number of hydrogen-bond donors (Lipinski definition) is 2. The Morgan fingerprint density at radius 1 is 1.26 bits per heavy atom. The fraction of sp³-hybridized carbons (Fsp3) is 0.400. The van der Waals surface area contributed by atoms with Gasteiger partial charge in [-0.2, -0.15) is 5.10 Å². The van der Waals surface area contributed by atoms with Gasteiger partial charge in [0.25, 0.3) is 0 Å². The molecule has 0 saturated heterocycles. The summed E-state index contributed by atoms with van der Waals surface area (Å²) in [5.41, 5.74) is 6.78. The van der Waals surface area contributed by atoms with Crippen molar-refractivity contribution in [3.05, 3.63) is 53.3 Å². The van der Waals surface area contributed by atoms with Crippen LogP contribution in [0.4, 0.5) is 0 Å². The molecule has 0 spiro atoms. The maximum atomic E-state index is 5.65. The summed E-state index contributed by atoms with van der Waals surface area (Å²) in [4.78, 5) is 0. The highest BCUT2D eigenvalue weighted by Crippen LogP contribution is 2.10. The van der Waals surface area contributed by atoms with Crippen LogP contribution in [-0.2, 0) is 19.9 Å². The average molecular weight is 258 g/mol. The van der Waals surface area contributed by atoms with Gasteiger partial charge in [-0.15, -0.1) is 0 Å².